The first kappa shape index (κ1) is 32.4. The van der Waals surface area contributed by atoms with Crippen LogP contribution in [0.25, 0.3) is 0 Å². The Bertz CT molecular complexity index is 743. The Labute approximate surface area is 229 Å². The number of amides is 3. The lowest BCUT2D eigenvalue weighted by molar-refractivity contribution is -0.143. The van der Waals surface area contributed by atoms with Gasteiger partial charge in [0.1, 0.15) is 12.1 Å². The van der Waals surface area contributed by atoms with Crippen LogP contribution in [-0.4, -0.2) is 128 Å². The molecule has 3 amide bonds. The Morgan fingerprint density at radius 1 is 0.895 bits per heavy atom. The summed E-state index contributed by atoms with van der Waals surface area (Å²) in [6, 6.07) is -1.27. The maximum absolute atomic E-state index is 13.3. The molecule has 0 saturated carbocycles. The summed E-state index contributed by atoms with van der Waals surface area (Å²) in [6.07, 6.45) is 3.81. The second-order valence-corrected chi connectivity index (χ2v) is 12.0. The number of likely N-dealkylation sites (tertiary alicyclic amines) is 2. The van der Waals surface area contributed by atoms with Gasteiger partial charge >= 0.3 is 0 Å². The fourth-order valence-corrected chi connectivity index (χ4v) is 5.62. The smallest absolute Gasteiger partial charge is 0.246 e. The molecular weight excluding hydrogens is 484 g/mol. The molecule has 3 saturated heterocycles. The number of rotatable bonds is 9. The number of hydrogen-bond donors (Lipinski definition) is 4. The average molecular weight is 539 g/mol. The normalized spacial score (nSPS) is 23.0. The molecule has 3 heterocycles. The van der Waals surface area contributed by atoms with Gasteiger partial charge < -0.3 is 37.2 Å². The van der Waals surface area contributed by atoms with Crippen LogP contribution in [0.3, 0.4) is 0 Å². The van der Waals surface area contributed by atoms with Crippen LogP contribution in [0.5, 0.6) is 0 Å². The molecule has 0 aliphatic carbocycles. The van der Waals surface area contributed by atoms with Gasteiger partial charge in [-0.15, -0.1) is 0 Å². The third-order valence-electron chi connectivity index (χ3n) is 7.78. The van der Waals surface area contributed by atoms with Crippen molar-refractivity contribution in [2.24, 2.45) is 28.5 Å². The van der Waals surface area contributed by atoms with Gasteiger partial charge in [0.05, 0.1) is 6.54 Å². The largest absolute Gasteiger partial charge is 0.368 e. The molecule has 3 fully saturated rings. The minimum Gasteiger partial charge on any atom is -0.368 e. The SMILES string of the molecule is CC(C)(C)C(NC(=O)CN1CCN(CC2CCN(CCN)CC2)CC1)C(=O)N1CCCC1C(N)=O.CCN. The molecule has 0 spiro atoms. The van der Waals surface area contributed by atoms with E-state index in [0.29, 0.717) is 13.0 Å². The number of nitrogens with one attached hydrogen (secondary N) is 1. The van der Waals surface area contributed by atoms with E-state index >= 15 is 0 Å². The predicted octanol–water partition coefficient (Wildman–Crippen LogP) is -0.753. The Morgan fingerprint density at radius 3 is 2.00 bits per heavy atom. The van der Waals surface area contributed by atoms with Gasteiger partial charge in [0, 0.05) is 52.4 Å². The minimum absolute atomic E-state index is 0.145. The van der Waals surface area contributed by atoms with E-state index in [0.717, 1.165) is 77.8 Å². The quantitative estimate of drug-likeness (QED) is 0.299. The van der Waals surface area contributed by atoms with E-state index in [1.165, 1.54) is 12.8 Å². The van der Waals surface area contributed by atoms with Crippen LogP contribution in [-0.2, 0) is 14.4 Å². The average Bonchev–Trinajstić information content (AvgIpc) is 3.35. The molecule has 11 heteroatoms. The minimum atomic E-state index is -0.693. The number of carbonyl (C=O) groups excluding carboxylic acids is 3. The Kier molecular flexibility index (Phi) is 13.4. The molecular formula is C27H54N8O3. The highest BCUT2D eigenvalue weighted by Gasteiger charge is 2.41. The van der Waals surface area contributed by atoms with E-state index in [1.807, 2.05) is 27.7 Å². The lowest BCUT2D eigenvalue weighted by atomic mass is 9.85. The van der Waals surface area contributed by atoms with Crippen molar-refractivity contribution in [2.45, 2.75) is 65.5 Å². The molecule has 0 aromatic heterocycles. The highest BCUT2D eigenvalue weighted by Crippen LogP contribution is 2.26. The van der Waals surface area contributed by atoms with Gasteiger partial charge in [-0.1, -0.05) is 27.7 Å². The van der Waals surface area contributed by atoms with Gasteiger partial charge in [0.2, 0.25) is 17.7 Å². The van der Waals surface area contributed by atoms with Gasteiger partial charge in [-0.05, 0) is 56.7 Å². The number of piperidine rings is 1. The lowest BCUT2D eigenvalue weighted by Gasteiger charge is -2.39. The van der Waals surface area contributed by atoms with Gasteiger partial charge in [-0.25, -0.2) is 0 Å². The van der Waals surface area contributed by atoms with Crippen molar-refractivity contribution >= 4 is 17.7 Å². The van der Waals surface area contributed by atoms with Crippen LogP contribution < -0.4 is 22.5 Å². The Balaban J connectivity index is 0.00000161. The standard InChI is InChI=1S/C25H47N7O3.C2H7N/c1-25(2,3)22(24(35)32-9-4-5-20(32)23(27)34)28-21(33)18-31-15-13-30(14-16-31)17-19-6-10-29(11-7-19)12-8-26;1-2-3/h19-20,22H,4-18,26H2,1-3H3,(H2,27,34)(H,28,33);2-3H2,1H3. The van der Waals surface area contributed by atoms with E-state index in [2.05, 4.69) is 20.0 Å². The topological polar surface area (TPSA) is 154 Å². The summed E-state index contributed by atoms with van der Waals surface area (Å²) in [5.41, 5.74) is 15.6. The molecule has 2 unspecified atom stereocenters. The van der Waals surface area contributed by atoms with E-state index < -0.39 is 23.4 Å². The summed E-state index contributed by atoms with van der Waals surface area (Å²) in [4.78, 5) is 46.7. The molecule has 11 nitrogen and oxygen atoms in total. The molecule has 0 aromatic rings. The number of piperazine rings is 1. The van der Waals surface area contributed by atoms with Crippen molar-refractivity contribution in [2.75, 3.05) is 78.5 Å². The number of hydrogen-bond acceptors (Lipinski definition) is 8. The molecule has 38 heavy (non-hydrogen) atoms. The van der Waals surface area contributed by atoms with Crippen molar-refractivity contribution in [3.63, 3.8) is 0 Å². The fourth-order valence-electron chi connectivity index (χ4n) is 5.62. The van der Waals surface area contributed by atoms with Gasteiger partial charge in [0.25, 0.3) is 0 Å². The molecule has 220 valence electrons. The molecule has 7 N–H and O–H groups in total. The highest BCUT2D eigenvalue weighted by molar-refractivity contribution is 5.92. The zero-order valence-corrected chi connectivity index (χ0v) is 24.3. The first-order chi connectivity index (χ1) is 18.0. The summed E-state index contributed by atoms with van der Waals surface area (Å²) in [5, 5.41) is 2.98. The van der Waals surface area contributed by atoms with Gasteiger partial charge in [-0.2, -0.15) is 0 Å². The fraction of sp³-hybridized carbons (Fsp3) is 0.889. The maximum Gasteiger partial charge on any atom is 0.246 e. The molecule has 2 atom stereocenters. The van der Waals surface area contributed by atoms with E-state index in [9.17, 15) is 14.4 Å². The van der Waals surface area contributed by atoms with Crippen LogP contribution >= 0.6 is 0 Å². The van der Waals surface area contributed by atoms with E-state index in [1.54, 1.807) is 4.90 Å². The van der Waals surface area contributed by atoms with Crippen LogP contribution in [0.4, 0.5) is 0 Å². The van der Waals surface area contributed by atoms with E-state index in [4.69, 9.17) is 17.2 Å². The van der Waals surface area contributed by atoms with Crippen LogP contribution in [0.2, 0.25) is 0 Å². The third-order valence-corrected chi connectivity index (χ3v) is 7.78. The van der Waals surface area contributed by atoms with Crippen molar-refractivity contribution in [1.82, 2.24) is 24.9 Å². The van der Waals surface area contributed by atoms with Gasteiger partial charge in [0.15, 0.2) is 0 Å². The molecule has 0 aromatic carbocycles. The van der Waals surface area contributed by atoms with Crippen LogP contribution in [0, 0.1) is 11.3 Å². The van der Waals surface area contributed by atoms with Crippen molar-refractivity contribution in [1.29, 1.82) is 0 Å². The van der Waals surface area contributed by atoms with E-state index in [-0.39, 0.29) is 18.4 Å². The second-order valence-electron chi connectivity index (χ2n) is 12.0. The highest BCUT2D eigenvalue weighted by atomic mass is 16.2. The summed E-state index contributed by atoms with van der Waals surface area (Å²) < 4.78 is 0. The summed E-state index contributed by atoms with van der Waals surface area (Å²) in [7, 11) is 0. The van der Waals surface area contributed by atoms with Gasteiger partial charge in [-0.3, -0.25) is 19.3 Å². The predicted molar refractivity (Wildman–Crippen MR) is 151 cm³/mol. The summed E-state index contributed by atoms with van der Waals surface area (Å²) in [5.74, 6) is -0.0932. The maximum atomic E-state index is 13.3. The Hall–Kier alpha value is -1.79. The van der Waals surface area contributed by atoms with Crippen LogP contribution in [0.1, 0.15) is 53.4 Å². The first-order valence-corrected chi connectivity index (χ1v) is 14.5. The van der Waals surface area contributed by atoms with Crippen molar-refractivity contribution < 1.29 is 14.4 Å². The van der Waals surface area contributed by atoms with Crippen LogP contribution in [0.15, 0.2) is 0 Å². The Morgan fingerprint density at radius 2 is 1.47 bits per heavy atom. The number of carbonyl (C=O) groups is 3. The number of primary amides is 1. The first-order valence-electron chi connectivity index (χ1n) is 14.5. The monoisotopic (exact) mass is 538 g/mol. The summed E-state index contributed by atoms with van der Waals surface area (Å²) in [6.45, 7) is 18.0. The van der Waals surface area contributed by atoms with Crippen molar-refractivity contribution in [3.8, 4) is 0 Å². The molecule has 0 bridgehead atoms. The lowest BCUT2D eigenvalue weighted by Crippen LogP contribution is -2.59. The third kappa shape index (κ3) is 10.1. The molecule has 3 aliphatic rings. The molecule has 3 rings (SSSR count). The second kappa shape index (κ2) is 15.7. The van der Waals surface area contributed by atoms with Crippen molar-refractivity contribution in [3.05, 3.63) is 0 Å². The molecule has 0 radical (unpaired) electrons. The number of nitrogens with zero attached hydrogens (tertiary/aromatic N) is 4. The molecule has 3 aliphatic heterocycles. The zero-order valence-electron chi connectivity index (χ0n) is 24.3. The zero-order chi connectivity index (χ0) is 28.3. The number of nitrogens with two attached hydrogens (primary N) is 3. The summed E-state index contributed by atoms with van der Waals surface area (Å²) >= 11 is 0.